The van der Waals surface area contributed by atoms with Crippen molar-refractivity contribution in [1.29, 1.82) is 0 Å². The van der Waals surface area contributed by atoms with Crippen molar-refractivity contribution in [1.82, 2.24) is 9.88 Å². The quantitative estimate of drug-likeness (QED) is 0.276. The van der Waals surface area contributed by atoms with Crippen molar-refractivity contribution in [2.75, 3.05) is 13.1 Å². The van der Waals surface area contributed by atoms with E-state index >= 15 is 0 Å². The minimum Gasteiger partial charge on any atom is -0.443 e. The molecule has 180 valence electrons. The number of carbonyl (C=O) groups excluding carboxylic acids is 1. The van der Waals surface area contributed by atoms with E-state index in [9.17, 15) is 4.79 Å². The topological polar surface area (TPSA) is 46.3 Å². The van der Waals surface area contributed by atoms with Crippen LogP contribution in [0.4, 0.5) is 0 Å². The molecule has 4 heteroatoms. The van der Waals surface area contributed by atoms with Crippen LogP contribution in [0.1, 0.15) is 64.3 Å². The summed E-state index contributed by atoms with van der Waals surface area (Å²) in [6.07, 6.45) is 16.2. The molecule has 34 heavy (non-hydrogen) atoms. The smallest absolute Gasteiger partial charge is 0.242 e. The van der Waals surface area contributed by atoms with Crippen molar-refractivity contribution in [3.63, 3.8) is 0 Å². The van der Waals surface area contributed by atoms with Gasteiger partial charge >= 0.3 is 0 Å². The number of allylic oxidation sites excluding steroid dienone is 6. The molecule has 0 amide bonds. The molecule has 2 unspecified atom stereocenters. The molecule has 0 aliphatic carbocycles. The number of likely N-dealkylation sites (tertiary alicyclic amines) is 1. The van der Waals surface area contributed by atoms with Gasteiger partial charge in [0, 0.05) is 19.5 Å². The third-order valence-corrected chi connectivity index (χ3v) is 6.71. The van der Waals surface area contributed by atoms with Crippen LogP contribution in [0.2, 0.25) is 0 Å². The average molecular weight is 459 g/mol. The van der Waals surface area contributed by atoms with Gasteiger partial charge in [-0.2, -0.15) is 0 Å². The summed E-state index contributed by atoms with van der Waals surface area (Å²) in [4.78, 5) is 19.5. The molecule has 1 aromatic heterocycles. The molecule has 1 fully saturated rings. The highest BCUT2D eigenvalue weighted by molar-refractivity contribution is 5.91. The van der Waals surface area contributed by atoms with E-state index in [-0.39, 0.29) is 5.78 Å². The molecular formula is C30H38N2O2. The molecule has 1 aliphatic rings. The summed E-state index contributed by atoms with van der Waals surface area (Å²) < 4.78 is 5.43. The second-order valence-electron chi connectivity index (χ2n) is 9.15. The van der Waals surface area contributed by atoms with Crippen LogP contribution in [0.25, 0.3) is 11.3 Å². The predicted molar refractivity (Wildman–Crippen MR) is 141 cm³/mol. The van der Waals surface area contributed by atoms with Crippen LogP contribution in [0, 0.1) is 11.8 Å². The zero-order chi connectivity index (χ0) is 24.3. The Morgan fingerprint density at radius 2 is 2.03 bits per heavy atom. The Morgan fingerprint density at radius 1 is 1.24 bits per heavy atom. The first-order chi connectivity index (χ1) is 16.5. The van der Waals surface area contributed by atoms with Crippen LogP contribution in [-0.4, -0.2) is 28.8 Å². The molecule has 0 radical (unpaired) electrons. The molecule has 3 rings (SSSR count). The maximum atomic E-state index is 13.0. The number of aromatic nitrogens is 1. The van der Waals surface area contributed by atoms with Crippen molar-refractivity contribution in [2.24, 2.45) is 11.8 Å². The van der Waals surface area contributed by atoms with E-state index in [1.54, 1.807) is 12.5 Å². The molecule has 2 atom stereocenters. The van der Waals surface area contributed by atoms with Crippen molar-refractivity contribution in [2.45, 2.75) is 52.9 Å². The summed E-state index contributed by atoms with van der Waals surface area (Å²) in [7, 11) is 0. The molecule has 1 aromatic carbocycles. The fraction of sp³-hybridized carbons (Fsp3) is 0.400. The number of rotatable bonds is 10. The van der Waals surface area contributed by atoms with Crippen LogP contribution in [0.15, 0.2) is 83.7 Å². The van der Waals surface area contributed by atoms with E-state index < -0.39 is 0 Å². The van der Waals surface area contributed by atoms with Crippen LogP contribution < -0.4 is 0 Å². The van der Waals surface area contributed by atoms with Crippen molar-refractivity contribution < 1.29 is 9.21 Å². The zero-order valence-electron chi connectivity index (χ0n) is 20.9. The Hall–Kier alpha value is -3.14. The highest BCUT2D eigenvalue weighted by atomic mass is 16.3. The van der Waals surface area contributed by atoms with Crippen LogP contribution in [0.5, 0.6) is 0 Å². The highest BCUT2D eigenvalue weighted by Gasteiger charge is 2.26. The maximum absolute atomic E-state index is 13.0. The molecule has 0 bridgehead atoms. The first-order valence-electron chi connectivity index (χ1n) is 12.5. The molecule has 0 N–H and O–H groups in total. The summed E-state index contributed by atoms with van der Waals surface area (Å²) in [5.74, 6) is 1.77. The number of benzene rings is 1. The van der Waals surface area contributed by atoms with Gasteiger partial charge in [-0.05, 0) is 67.7 Å². The highest BCUT2D eigenvalue weighted by Crippen LogP contribution is 2.32. The molecule has 2 heterocycles. The average Bonchev–Trinajstić information content (AvgIpc) is 3.27. The predicted octanol–water partition coefficient (Wildman–Crippen LogP) is 7.34. The summed E-state index contributed by atoms with van der Waals surface area (Å²) in [6, 6.07) is 10.3. The Morgan fingerprint density at radius 3 is 2.71 bits per heavy atom. The second-order valence-corrected chi connectivity index (χ2v) is 9.15. The fourth-order valence-electron chi connectivity index (χ4n) is 4.91. The molecule has 0 spiro atoms. The van der Waals surface area contributed by atoms with Crippen molar-refractivity contribution in [3.05, 3.63) is 90.7 Å². The van der Waals surface area contributed by atoms with Crippen molar-refractivity contribution in [3.8, 4) is 0 Å². The third kappa shape index (κ3) is 7.18. The minimum atomic E-state index is 0.221. The minimum absolute atomic E-state index is 0.221. The summed E-state index contributed by atoms with van der Waals surface area (Å²) in [6.45, 7) is 12.3. The van der Waals surface area contributed by atoms with Gasteiger partial charge in [-0.25, -0.2) is 4.98 Å². The third-order valence-electron chi connectivity index (χ3n) is 6.71. The van der Waals surface area contributed by atoms with Gasteiger partial charge in [0.25, 0.3) is 0 Å². The van der Waals surface area contributed by atoms with E-state index in [0.29, 0.717) is 24.1 Å². The van der Waals surface area contributed by atoms with E-state index in [0.717, 1.165) is 61.2 Å². The SMILES string of the molecule is C=C(c1ncco1)N1CCCC(C(CC)CC(=O)/C=C(C)/C=C(\C=CC)c2ccccc2)CC1. The van der Waals surface area contributed by atoms with Gasteiger partial charge in [0.2, 0.25) is 5.89 Å². The van der Waals surface area contributed by atoms with Gasteiger partial charge in [0.15, 0.2) is 5.78 Å². The zero-order valence-corrected chi connectivity index (χ0v) is 20.9. The first kappa shape index (κ1) is 25.5. The van der Waals surface area contributed by atoms with E-state index in [1.165, 1.54) is 0 Å². The summed E-state index contributed by atoms with van der Waals surface area (Å²) in [5, 5.41) is 0. The number of oxazole rings is 1. The summed E-state index contributed by atoms with van der Waals surface area (Å²) in [5.41, 5.74) is 4.12. The molecule has 0 saturated carbocycles. The molecule has 2 aromatic rings. The molecule has 1 aliphatic heterocycles. The van der Waals surface area contributed by atoms with E-state index in [1.807, 2.05) is 44.2 Å². The lowest BCUT2D eigenvalue weighted by Crippen LogP contribution is -2.24. The lowest BCUT2D eigenvalue weighted by atomic mass is 9.81. The van der Waals surface area contributed by atoms with Gasteiger partial charge in [0.1, 0.15) is 6.26 Å². The second kappa shape index (κ2) is 12.9. The van der Waals surface area contributed by atoms with Crippen LogP contribution >= 0.6 is 0 Å². The number of nitrogens with zero attached hydrogens (tertiary/aromatic N) is 2. The lowest BCUT2D eigenvalue weighted by Gasteiger charge is -2.25. The van der Waals surface area contributed by atoms with Gasteiger partial charge in [-0.3, -0.25) is 4.79 Å². The number of carbonyl (C=O) groups is 1. The van der Waals surface area contributed by atoms with Crippen LogP contribution in [0.3, 0.4) is 0 Å². The molecule has 1 saturated heterocycles. The van der Waals surface area contributed by atoms with Gasteiger partial charge in [-0.1, -0.05) is 68.5 Å². The Labute approximate surface area is 204 Å². The van der Waals surface area contributed by atoms with Gasteiger partial charge in [-0.15, -0.1) is 0 Å². The standard InChI is InChI=1S/C30H38N2O2/c1-5-11-28(26-12-8-7-9-13-26)20-23(3)21-29(33)22-25(6-2)27-14-10-17-32(18-15-27)24(4)30-31-16-19-34-30/h5,7-9,11-13,16,19-21,25,27H,4,6,10,14-15,17-18,22H2,1-3H3/b11-5?,23-21+,28-20+. The summed E-state index contributed by atoms with van der Waals surface area (Å²) >= 11 is 0. The number of ketones is 1. The molecular weight excluding hydrogens is 420 g/mol. The first-order valence-corrected chi connectivity index (χ1v) is 12.5. The van der Waals surface area contributed by atoms with Gasteiger partial charge in [0.05, 0.1) is 11.9 Å². The van der Waals surface area contributed by atoms with Crippen LogP contribution in [-0.2, 0) is 4.79 Å². The number of hydrogen-bond donors (Lipinski definition) is 0. The van der Waals surface area contributed by atoms with E-state index in [2.05, 4.69) is 47.7 Å². The fourth-order valence-corrected chi connectivity index (χ4v) is 4.91. The normalized spacial score (nSPS) is 18.7. The lowest BCUT2D eigenvalue weighted by molar-refractivity contribution is -0.116. The maximum Gasteiger partial charge on any atom is 0.242 e. The van der Waals surface area contributed by atoms with Crippen molar-refractivity contribution >= 4 is 17.1 Å². The Bertz CT molecular complexity index is 1020. The monoisotopic (exact) mass is 458 g/mol. The van der Waals surface area contributed by atoms with E-state index in [4.69, 9.17) is 4.42 Å². The molecule has 4 nitrogen and oxygen atoms in total. The number of hydrogen-bond acceptors (Lipinski definition) is 4. The Balaban J connectivity index is 1.62. The van der Waals surface area contributed by atoms with Gasteiger partial charge < -0.3 is 9.32 Å². The largest absolute Gasteiger partial charge is 0.443 e. The Kier molecular flexibility index (Phi) is 9.69.